The van der Waals surface area contributed by atoms with Crippen LogP contribution in [0.5, 0.6) is 0 Å². The van der Waals surface area contributed by atoms with Crippen LogP contribution in [0, 0.1) is 5.82 Å². The van der Waals surface area contributed by atoms with Crippen LogP contribution in [0.4, 0.5) is 30.7 Å². The lowest BCUT2D eigenvalue weighted by Gasteiger charge is -2.34. The number of halogens is 8. The van der Waals surface area contributed by atoms with Crippen molar-refractivity contribution in [1.82, 2.24) is 5.32 Å². The average molecular weight is 472 g/mol. The largest absolute Gasteiger partial charge is 0.416 e. The highest BCUT2D eigenvalue weighted by molar-refractivity contribution is 5.85. The van der Waals surface area contributed by atoms with E-state index in [0.29, 0.717) is 31.6 Å². The predicted molar refractivity (Wildman–Crippen MR) is 104 cm³/mol. The monoisotopic (exact) mass is 471 g/mol. The van der Waals surface area contributed by atoms with Crippen LogP contribution in [0.25, 0.3) is 0 Å². The van der Waals surface area contributed by atoms with Crippen LogP contribution >= 0.6 is 12.4 Å². The van der Waals surface area contributed by atoms with Crippen molar-refractivity contribution >= 4 is 12.4 Å². The van der Waals surface area contributed by atoms with Gasteiger partial charge in [-0.15, -0.1) is 12.4 Å². The van der Waals surface area contributed by atoms with Crippen molar-refractivity contribution in [2.24, 2.45) is 0 Å². The molecule has 3 atom stereocenters. The maximum absolute atomic E-state index is 13.2. The third-order valence-corrected chi connectivity index (χ3v) is 5.18. The first-order valence-corrected chi connectivity index (χ1v) is 9.36. The molecule has 31 heavy (non-hydrogen) atoms. The summed E-state index contributed by atoms with van der Waals surface area (Å²) in [6, 6.07) is 7.27. The SMILES string of the molecule is CC(OC1CCNCC1c1ccc(F)cc1)c1cc(C(F)(F)F)cc(C(F)(F)F)c1.Cl. The molecule has 0 radical (unpaired) electrons. The molecule has 172 valence electrons. The molecule has 0 aliphatic carbocycles. The summed E-state index contributed by atoms with van der Waals surface area (Å²) in [7, 11) is 0. The van der Waals surface area contributed by atoms with Crippen molar-refractivity contribution in [2.45, 2.75) is 43.8 Å². The molecule has 1 fully saturated rings. The number of hydrogen-bond acceptors (Lipinski definition) is 2. The minimum absolute atomic E-state index is 0. The Labute approximate surface area is 181 Å². The molecule has 0 spiro atoms. The Morgan fingerprint density at radius 1 is 0.935 bits per heavy atom. The van der Waals surface area contributed by atoms with E-state index in [1.165, 1.54) is 19.1 Å². The number of rotatable bonds is 4. The molecule has 0 amide bonds. The highest BCUT2D eigenvalue weighted by Gasteiger charge is 2.38. The van der Waals surface area contributed by atoms with Gasteiger partial charge in [-0.05, 0) is 61.3 Å². The lowest BCUT2D eigenvalue weighted by molar-refractivity contribution is -0.143. The molecule has 1 saturated heterocycles. The Hall–Kier alpha value is -1.84. The zero-order valence-electron chi connectivity index (χ0n) is 16.4. The highest BCUT2D eigenvalue weighted by Crippen LogP contribution is 2.39. The summed E-state index contributed by atoms with van der Waals surface area (Å²) in [6.45, 7) is 2.52. The molecule has 2 aromatic carbocycles. The van der Waals surface area contributed by atoms with Crippen LogP contribution in [-0.2, 0) is 17.1 Å². The first-order chi connectivity index (χ1) is 13.9. The smallest absolute Gasteiger partial charge is 0.370 e. The van der Waals surface area contributed by atoms with Crippen molar-refractivity contribution in [1.29, 1.82) is 0 Å². The van der Waals surface area contributed by atoms with Gasteiger partial charge in [-0.25, -0.2) is 4.39 Å². The minimum Gasteiger partial charge on any atom is -0.370 e. The summed E-state index contributed by atoms with van der Waals surface area (Å²) < 4.78 is 97.9. The summed E-state index contributed by atoms with van der Waals surface area (Å²) in [4.78, 5) is 0. The third kappa shape index (κ3) is 6.33. The Kier molecular flexibility index (Phi) is 7.99. The van der Waals surface area contributed by atoms with E-state index in [-0.39, 0.29) is 30.0 Å². The second-order valence-electron chi connectivity index (χ2n) is 7.31. The van der Waals surface area contributed by atoms with E-state index in [1.807, 2.05) is 0 Å². The number of benzene rings is 2. The van der Waals surface area contributed by atoms with Crippen LogP contribution in [0.1, 0.15) is 47.6 Å². The summed E-state index contributed by atoms with van der Waals surface area (Å²) in [5.41, 5.74) is -2.17. The molecule has 1 N–H and O–H groups in total. The van der Waals surface area contributed by atoms with Gasteiger partial charge in [0, 0.05) is 12.5 Å². The third-order valence-electron chi connectivity index (χ3n) is 5.18. The topological polar surface area (TPSA) is 21.3 Å². The van der Waals surface area contributed by atoms with Gasteiger partial charge >= 0.3 is 12.4 Å². The van der Waals surface area contributed by atoms with Crippen molar-refractivity contribution in [3.63, 3.8) is 0 Å². The van der Waals surface area contributed by atoms with Gasteiger partial charge in [-0.1, -0.05) is 12.1 Å². The average Bonchev–Trinajstić information content (AvgIpc) is 2.67. The van der Waals surface area contributed by atoms with Crippen molar-refractivity contribution in [3.05, 3.63) is 70.5 Å². The fourth-order valence-corrected chi connectivity index (χ4v) is 3.59. The zero-order valence-corrected chi connectivity index (χ0v) is 17.2. The number of ether oxygens (including phenoxy) is 1. The fraction of sp³-hybridized carbons (Fsp3) is 0.429. The van der Waals surface area contributed by atoms with Crippen LogP contribution in [0.3, 0.4) is 0 Å². The van der Waals surface area contributed by atoms with Gasteiger partial charge in [0.2, 0.25) is 0 Å². The molecular formula is C21H21ClF7NO. The second-order valence-corrected chi connectivity index (χ2v) is 7.31. The molecule has 0 bridgehead atoms. The number of hydrogen-bond donors (Lipinski definition) is 1. The number of piperidine rings is 1. The van der Waals surface area contributed by atoms with E-state index < -0.39 is 41.5 Å². The first kappa shape index (κ1) is 25.4. The molecule has 0 aromatic heterocycles. The van der Waals surface area contributed by atoms with Gasteiger partial charge in [0.25, 0.3) is 0 Å². The molecule has 1 heterocycles. The molecule has 2 aromatic rings. The minimum atomic E-state index is -4.92. The van der Waals surface area contributed by atoms with E-state index in [9.17, 15) is 30.7 Å². The van der Waals surface area contributed by atoms with Gasteiger partial charge in [-0.2, -0.15) is 26.3 Å². The van der Waals surface area contributed by atoms with Crippen LogP contribution in [-0.4, -0.2) is 19.2 Å². The van der Waals surface area contributed by atoms with Gasteiger partial charge in [0.15, 0.2) is 0 Å². The van der Waals surface area contributed by atoms with Crippen molar-refractivity contribution in [2.75, 3.05) is 13.1 Å². The molecule has 2 nitrogen and oxygen atoms in total. The number of nitrogens with one attached hydrogen (secondary N) is 1. The van der Waals surface area contributed by atoms with Crippen LogP contribution in [0.2, 0.25) is 0 Å². The summed E-state index contributed by atoms with van der Waals surface area (Å²) in [5.74, 6) is -0.619. The highest BCUT2D eigenvalue weighted by atomic mass is 35.5. The van der Waals surface area contributed by atoms with Crippen LogP contribution < -0.4 is 5.32 Å². The Balaban J connectivity index is 0.00000341. The maximum atomic E-state index is 13.2. The molecule has 0 saturated carbocycles. The first-order valence-electron chi connectivity index (χ1n) is 9.36. The Morgan fingerprint density at radius 3 is 2.00 bits per heavy atom. The zero-order chi connectivity index (χ0) is 22.1. The standard InChI is InChI=1S/C21H20F7NO.ClH/c1-12(14-8-15(20(23,24)25)10-16(9-14)21(26,27)28)30-19-6-7-29-11-18(19)13-2-4-17(22)5-3-13;/h2-5,8-10,12,18-19,29H,6-7,11H2,1H3;1H. The summed E-state index contributed by atoms with van der Waals surface area (Å²) in [5, 5.41) is 3.18. The van der Waals surface area contributed by atoms with Gasteiger partial charge < -0.3 is 10.1 Å². The van der Waals surface area contributed by atoms with Crippen LogP contribution in [0.15, 0.2) is 42.5 Å². The van der Waals surface area contributed by atoms with E-state index in [1.54, 1.807) is 12.1 Å². The lowest BCUT2D eigenvalue weighted by atomic mass is 9.88. The maximum Gasteiger partial charge on any atom is 0.416 e. The van der Waals surface area contributed by atoms with Crippen molar-refractivity contribution < 1.29 is 35.5 Å². The van der Waals surface area contributed by atoms with E-state index in [4.69, 9.17) is 4.74 Å². The molecule has 10 heteroatoms. The Bertz CT molecular complexity index is 835. The van der Waals surface area contributed by atoms with Crippen molar-refractivity contribution in [3.8, 4) is 0 Å². The quantitative estimate of drug-likeness (QED) is 0.513. The molecule has 3 rings (SSSR count). The molecule has 1 aliphatic heterocycles. The fourth-order valence-electron chi connectivity index (χ4n) is 3.59. The van der Waals surface area contributed by atoms with Gasteiger partial charge in [0.05, 0.1) is 23.3 Å². The Morgan fingerprint density at radius 2 is 1.48 bits per heavy atom. The predicted octanol–water partition coefficient (Wildman–Crippen LogP) is 6.51. The van der Waals surface area contributed by atoms with Gasteiger partial charge in [0.1, 0.15) is 5.82 Å². The lowest BCUT2D eigenvalue weighted by Crippen LogP contribution is -2.40. The molecule has 1 aliphatic rings. The van der Waals surface area contributed by atoms with E-state index >= 15 is 0 Å². The normalized spacial score (nSPS) is 20.8. The second kappa shape index (κ2) is 9.75. The summed E-state index contributed by atoms with van der Waals surface area (Å²) >= 11 is 0. The van der Waals surface area contributed by atoms with E-state index in [2.05, 4.69) is 5.32 Å². The molecular weight excluding hydrogens is 451 g/mol. The van der Waals surface area contributed by atoms with E-state index in [0.717, 1.165) is 5.56 Å². The van der Waals surface area contributed by atoms with Gasteiger partial charge in [-0.3, -0.25) is 0 Å². The number of alkyl halides is 6. The summed E-state index contributed by atoms with van der Waals surface area (Å²) in [6.07, 6.45) is -10.8. The molecule has 3 unspecified atom stereocenters.